The third-order valence-corrected chi connectivity index (χ3v) is 3.74. The summed E-state index contributed by atoms with van der Waals surface area (Å²) >= 11 is 0. The van der Waals surface area contributed by atoms with Crippen LogP contribution in [0.4, 0.5) is 0 Å². The van der Waals surface area contributed by atoms with Gasteiger partial charge in [-0.1, -0.05) is 29.9 Å². The Hall–Kier alpha value is -0.780. The third-order valence-electron chi connectivity index (χ3n) is 3.74. The number of hydrogen-bond donors (Lipinski definition) is 0. The average Bonchev–Trinajstić information content (AvgIpc) is 2.24. The second-order valence-electron chi connectivity index (χ2n) is 4.70. The molecule has 0 N–H and O–H groups in total. The van der Waals surface area contributed by atoms with Gasteiger partial charge in [0, 0.05) is 0 Å². The lowest BCUT2D eigenvalue weighted by Crippen LogP contribution is -2.14. The fourth-order valence-corrected chi connectivity index (χ4v) is 2.41. The van der Waals surface area contributed by atoms with E-state index >= 15 is 0 Å². The summed E-state index contributed by atoms with van der Waals surface area (Å²) in [6.07, 6.45) is 12.4. The van der Waals surface area contributed by atoms with Gasteiger partial charge in [0.25, 0.3) is 0 Å². The lowest BCUT2D eigenvalue weighted by atomic mass is 9.77. The highest BCUT2D eigenvalue weighted by molar-refractivity contribution is 5.22. The Bertz CT molecular complexity index is 260. The average molecular weight is 188 g/mol. The Labute approximate surface area is 87.4 Å². The molecule has 2 aliphatic rings. The zero-order valence-corrected chi connectivity index (χ0v) is 8.97. The summed E-state index contributed by atoms with van der Waals surface area (Å²) in [6, 6.07) is 0. The Morgan fingerprint density at radius 3 is 2.21 bits per heavy atom. The maximum atomic E-state index is 4.08. The van der Waals surface area contributed by atoms with E-state index in [1.165, 1.54) is 44.1 Å². The third kappa shape index (κ3) is 2.00. The van der Waals surface area contributed by atoms with E-state index in [9.17, 15) is 0 Å². The highest BCUT2D eigenvalue weighted by Crippen LogP contribution is 2.37. The number of hydrogen-bond acceptors (Lipinski definition) is 0. The molecule has 0 nitrogen and oxygen atoms in total. The van der Waals surface area contributed by atoms with Crippen LogP contribution in [0.5, 0.6) is 0 Å². The van der Waals surface area contributed by atoms with Gasteiger partial charge in [0.05, 0.1) is 0 Å². The van der Waals surface area contributed by atoms with E-state index in [1.54, 1.807) is 5.57 Å². The summed E-state index contributed by atoms with van der Waals surface area (Å²) < 4.78 is 0. The van der Waals surface area contributed by atoms with E-state index in [0.29, 0.717) is 0 Å². The van der Waals surface area contributed by atoms with Crippen molar-refractivity contribution in [2.24, 2.45) is 11.8 Å². The summed E-state index contributed by atoms with van der Waals surface area (Å²) in [5.74, 6) is 1.50. The Morgan fingerprint density at radius 1 is 1.07 bits per heavy atom. The maximum Gasteiger partial charge on any atom is -0.00202 e. The minimum atomic E-state index is 0.727. The molecule has 2 saturated carbocycles. The fraction of sp³-hybridized carbons (Fsp3) is 0.571. The SMILES string of the molecule is C=CC1CCC(=CC2CCC2=C)CC1. The van der Waals surface area contributed by atoms with Crippen LogP contribution in [0.15, 0.2) is 36.5 Å². The Balaban J connectivity index is 1.88. The zero-order chi connectivity index (χ0) is 9.97. The van der Waals surface area contributed by atoms with Crippen LogP contribution in [0.3, 0.4) is 0 Å². The van der Waals surface area contributed by atoms with Gasteiger partial charge in [-0.2, -0.15) is 0 Å². The maximum absolute atomic E-state index is 4.08. The molecule has 1 atom stereocenters. The van der Waals surface area contributed by atoms with Gasteiger partial charge in [0.2, 0.25) is 0 Å². The molecule has 0 saturated heterocycles. The molecule has 0 spiro atoms. The molecular formula is C14H20. The smallest absolute Gasteiger partial charge is 0.00202 e. The first-order chi connectivity index (χ1) is 6.79. The second-order valence-corrected chi connectivity index (χ2v) is 4.70. The molecule has 0 radical (unpaired) electrons. The predicted molar refractivity (Wildman–Crippen MR) is 62.1 cm³/mol. The highest BCUT2D eigenvalue weighted by Gasteiger charge is 2.21. The van der Waals surface area contributed by atoms with Crippen LogP contribution in [0.1, 0.15) is 38.5 Å². The van der Waals surface area contributed by atoms with Crippen molar-refractivity contribution in [2.45, 2.75) is 38.5 Å². The van der Waals surface area contributed by atoms with Gasteiger partial charge in [0.1, 0.15) is 0 Å². The van der Waals surface area contributed by atoms with Crippen LogP contribution in [-0.4, -0.2) is 0 Å². The molecule has 0 bridgehead atoms. The van der Waals surface area contributed by atoms with Gasteiger partial charge in [0.15, 0.2) is 0 Å². The van der Waals surface area contributed by atoms with Crippen LogP contribution >= 0.6 is 0 Å². The molecule has 0 aromatic carbocycles. The topological polar surface area (TPSA) is 0 Å². The molecular weight excluding hydrogens is 168 g/mol. The van der Waals surface area contributed by atoms with Crippen molar-refractivity contribution in [3.63, 3.8) is 0 Å². The van der Waals surface area contributed by atoms with Crippen molar-refractivity contribution in [1.82, 2.24) is 0 Å². The van der Waals surface area contributed by atoms with E-state index in [0.717, 1.165) is 11.8 Å². The zero-order valence-electron chi connectivity index (χ0n) is 8.97. The van der Waals surface area contributed by atoms with Gasteiger partial charge >= 0.3 is 0 Å². The van der Waals surface area contributed by atoms with Crippen molar-refractivity contribution >= 4 is 0 Å². The van der Waals surface area contributed by atoms with Gasteiger partial charge in [-0.25, -0.2) is 0 Å². The summed E-state index contributed by atoms with van der Waals surface area (Å²) in [4.78, 5) is 0. The van der Waals surface area contributed by atoms with E-state index in [-0.39, 0.29) is 0 Å². The van der Waals surface area contributed by atoms with E-state index < -0.39 is 0 Å². The molecule has 1 unspecified atom stereocenters. The molecule has 2 aliphatic carbocycles. The minimum absolute atomic E-state index is 0.727. The predicted octanol–water partition coefficient (Wildman–Crippen LogP) is 4.26. The van der Waals surface area contributed by atoms with Crippen molar-refractivity contribution < 1.29 is 0 Å². The van der Waals surface area contributed by atoms with Gasteiger partial charge in [-0.3, -0.25) is 0 Å². The molecule has 76 valence electrons. The minimum Gasteiger partial charge on any atom is -0.103 e. The van der Waals surface area contributed by atoms with Crippen LogP contribution < -0.4 is 0 Å². The van der Waals surface area contributed by atoms with Crippen LogP contribution in [-0.2, 0) is 0 Å². The Morgan fingerprint density at radius 2 is 1.79 bits per heavy atom. The largest absolute Gasteiger partial charge is 0.103 e. The highest BCUT2D eigenvalue weighted by atomic mass is 14.3. The molecule has 2 rings (SSSR count). The lowest BCUT2D eigenvalue weighted by molar-refractivity contribution is 0.473. The van der Waals surface area contributed by atoms with Crippen LogP contribution in [0.25, 0.3) is 0 Å². The summed E-state index contributed by atoms with van der Waals surface area (Å²) in [5, 5.41) is 0. The molecule has 0 amide bonds. The van der Waals surface area contributed by atoms with Crippen molar-refractivity contribution in [1.29, 1.82) is 0 Å². The van der Waals surface area contributed by atoms with Gasteiger partial charge in [-0.15, -0.1) is 6.58 Å². The normalized spacial score (nSPS) is 32.3. The standard InChI is InChI=1S/C14H20/c1-3-12-5-7-13(8-6-12)10-14-9-4-11(14)2/h3,10,12,14H,1-2,4-9H2. The monoisotopic (exact) mass is 188 g/mol. The Kier molecular flexibility index (Phi) is 2.90. The van der Waals surface area contributed by atoms with Crippen molar-refractivity contribution in [3.8, 4) is 0 Å². The quantitative estimate of drug-likeness (QED) is 0.568. The van der Waals surface area contributed by atoms with E-state index in [1.807, 2.05) is 0 Å². The first kappa shape index (κ1) is 9.76. The van der Waals surface area contributed by atoms with Gasteiger partial charge < -0.3 is 0 Å². The van der Waals surface area contributed by atoms with Crippen molar-refractivity contribution in [2.75, 3.05) is 0 Å². The summed E-state index contributed by atoms with van der Waals surface area (Å²) in [7, 11) is 0. The second kappa shape index (κ2) is 4.16. The molecule has 0 aromatic heterocycles. The first-order valence-corrected chi connectivity index (χ1v) is 5.79. The number of allylic oxidation sites excluding steroid dienone is 4. The molecule has 0 aliphatic heterocycles. The molecule has 2 fully saturated rings. The van der Waals surface area contributed by atoms with E-state index in [2.05, 4.69) is 25.3 Å². The van der Waals surface area contributed by atoms with Gasteiger partial charge in [-0.05, 0) is 50.4 Å². The van der Waals surface area contributed by atoms with Crippen LogP contribution in [0.2, 0.25) is 0 Å². The lowest BCUT2D eigenvalue weighted by Gasteiger charge is -2.29. The molecule has 14 heavy (non-hydrogen) atoms. The number of rotatable bonds is 2. The van der Waals surface area contributed by atoms with E-state index in [4.69, 9.17) is 0 Å². The van der Waals surface area contributed by atoms with Crippen LogP contribution in [0, 0.1) is 11.8 Å². The summed E-state index contributed by atoms with van der Waals surface area (Å²) in [6.45, 7) is 7.95. The van der Waals surface area contributed by atoms with Crippen molar-refractivity contribution in [3.05, 3.63) is 36.5 Å². The first-order valence-electron chi connectivity index (χ1n) is 5.79. The fourth-order valence-electron chi connectivity index (χ4n) is 2.41. The molecule has 0 aromatic rings. The summed E-state index contributed by atoms with van der Waals surface area (Å²) in [5.41, 5.74) is 3.12. The molecule has 0 heterocycles. The molecule has 0 heteroatoms.